The van der Waals surface area contributed by atoms with Gasteiger partial charge < -0.3 is 0 Å². The molecule has 2 aromatic heterocycles. The standard InChI is InChI=1S/C35H20F2N2S/c36-27-10-6-11-28(37)34(27)22-15-17-25-26-19-23(16-18-32(26)40-33(25)20-22)35-38-29-12-3-4-13-31(29)39(35)30-14-5-8-21-7-1-2-9-24(21)30/h1-20H. The van der Waals surface area contributed by atoms with Gasteiger partial charge in [-0.3, -0.25) is 4.57 Å². The molecule has 2 nitrogen and oxygen atoms in total. The molecule has 8 aromatic rings. The van der Waals surface area contributed by atoms with Gasteiger partial charge in [-0.15, -0.1) is 11.3 Å². The minimum absolute atomic E-state index is 0.00588. The van der Waals surface area contributed by atoms with E-state index in [1.807, 2.05) is 30.3 Å². The first-order valence-electron chi connectivity index (χ1n) is 13.0. The molecule has 0 N–H and O–H groups in total. The van der Waals surface area contributed by atoms with Crippen molar-refractivity contribution in [3.05, 3.63) is 133 Å². The van der Waals surface area contributed by atoms with Gasteiger partial charge in [0.25, 0.3) is 0 Å². The highest BCUT2D eigenvalue weighted by Gasteiger charge is 2.18. The Morgan fingerprint density at radius 3 is 2.23 bits per heavy atom. The SMILES string of the molecule is Fc1cccc(F)c1-c1ccc2c(c1)sc1ccc(-c3nc4ccccc4n3-c3cccc4ccccc34)cc12. The summed E-state index contributed by atoms with van der Waals surface area (Å²) < 4.78 is 33.3. The molecule has 0 aliphatic rings. The molecule has 0 saturated carbocycles. The molecule has 0 aliphatic heterocycles. The molecule has 0 amide bonds. The quantitative estimate of drug-likeness (QED) is 0.219. The fraction of sp³-hybridized carbons (Fsp3) is 0. The maximum atomic E-state index is 14.5. The molecule has 0 radical (unpaired) electrons. The largest absolute Gasteiger partial charge is 0.292 e. The van der Waals surface area contributed by atoms with Crippen molar-refractivity contribution in [3.8, 4) is 28.2 Å². The van der Waals surface area contributed by atoms with Crippen LogP contribution in [0.25, 0.3) is 70.2 Å². The molecule has 0 atom stereocenters. The van der Waals surface area contributed by atoms with Gasteiger partial charge in [0, 0.05) is 31.1 Å². The highest BCUT2D eigenvalue weighted by atomic mass is 32.1. The van der Waals surface area contributed by atoms with Crippen LogP contribution < -0.4 is 0 Å². The van der Waals surface area contributed by atoms with Crippen LogP contribution in [0.1, 0.15) is 0 Å². The number of nitrogens with zero attached hydrogens (tertiary/aromatic N) is 2. The van der Waals surface area contributed by atoms with Crippen molar-refractivity contribution in [2.45, 2.75) is 0 Å². The van der Waals surface area contributed by atoms with Crippen molar-refractivity contribution >= 4 is 53.3 Å². The maximum Gasteiger partial charge on any atom is 0.145 e. The third kappa shape index (κ3) is 3.48. The summed E-state index contributed by atoms with van der Waals surface area (Å²) in [5.74, 6) is -0.256. The van der Waals surface area contributed by atoms with Gasteiger partial charge in [-0.25, -0.2) is 13.8 Å². The average molecular weight is 539 g/mol. The third-order valence-corrected chi connectivity index (χ3v) is 8.68. The van der Waals surface area contributed by atoms with Crippen LogP contribution in [0.2, 0.25) is 0 Å². The van der Waals surface area contributed by atoms with Gasteiger partial charge >= 0.3 is 0 Å². The van der Waals surface area contributed by atoms with Gasteiger partial charge in [0.1, 0.15) is 17.5 Å². The van der Waals surface area contributed by atoms with Gasteiger partial charge in [0.05, 0.1) is 22.3 Å². The van der Waals surface area contributed by atoms with E-state index in [4.69, 9.17) is 4.98 Å². The maximum absolute atomic E-state index is 14.5. The molecular weight excluding hydrogens is 518 g/mol. The molecule has 8 rings (SSSR count). The number of fused-ring (bicyclic) bond motifs is 5. The van der Waals surface area contributed by atoms with E-state index in [2.05, 4.69) is 71.3 Å². The van der Waals surface area contributed by atoms with Crippen molar-refractivity contribution in [2.75, 3.05) is 0 Å². The van der Waals surface area contributed by atoms with E-state index >= 15 is 0 Å². The number of benzene rings is 6. The van der Waals surface area contributed by atoms with Gasteiger partial charge in [0.15, 0.2) is 0 Å². The molecule has 0 saturated heterocycles. The Morgan fingerprint density at radius 2 is 1.32 bits per heavy atom. The molecular formula is C35H20F2N2S. The summed E-state index contributed by atoms with van der Waals surface area (Å²) in [7, 11) is 0. The molecule has 0 spiro atoms. The molecule has 5 heteroatoms. The first-order chi connectivity index (χ1) is 19.7. The molecule has 0 fully saturated rings. The number of halogens is 2. The van der Waals surface area contributed by atoms with E-state index < -0.39 is 11.6 Å². The number of hydrogen-bond donors (Lipinski definition) is 0. The van der Waals surface area contributed by atoms with Crippen LogP contribution in [0.5, 0.6) is 0 Å². The number of thiophene rings is 1. The zero-order chi connectivity index (χ0) is 26.8. The van der Waals surface area contributed by atoms with E-state index in [0.717, 1.165) is 53.7 Å². The number of para-hydroxylation sites is 2. The summed E-state index contributed by atoms with van der Waals surface area (Å²) in [6.45, 7) is 0. The first kappa shape index (κ1) is 23.1. The number of hydrogen-bond acceptors (Lipinski definition) is 2. The Balaban J connectivity index is 1.35. The van der Waals surface area contributed by atoms with Crippen molar-refractivity contribution in [2.24, 2.45) is 0 Å². The lowest BCUT2D eigenvalue weighted by Crippen LogP contribution is -1.98. The zero-order valence-corrected chi connectivity index (χ0v) is 21.9. The van der Waals surface area contributed by atoms with Crippen molar-refractivity contribution < 1.29 is 8.78 Å². The van der Waals surface area contributed by atoms with Gasteiger partial charge in [0.2, 0.25) is 0 Å². The monoisotopic (exact) mass is 538 g/mol. The summed E-state index contributed by atoms with van der Waals surface area (Å²) in [4.78, 5) is 5.09. The zero-order valence-electron chi connectivity index (χ0n) is 21.1. The molecule has 40 heavy (non-hydrogen) atoms. The second-order valence-electron chi connectivity index (χ2n) is 9.88. The highest BCUT2D eigenvalue weighted by Crippen LogP contribution is 2.40. The molecule has 0 unspecified atom stereocenters. The predicted octanol–water partition coefficient (Wildman–Crippen LogP) is 10.2. The Bertz CT molecular complexity index is 2230. The summed E-state index contributed by atoms with van der Waals surface area (Å²) in [5.41, 5.74) is 4.59. The predicted molar refractivity (Wildman–Crippen MR) is 162 cm³/mol. The Labute approximate surface area is 232 Å². The molecule has 0 aliphatic carbocycles. The third-order valence-electron chi connectivity index (χ3n) is 7.55. The van der Waals surface area contributed by atoms with Gasteiger partial charge in [-0.2, -0.15) is 0 Å². The number of rotatable bonds is 3. The van der Waals surface area contributed by atoms with Crippen LogP contribution in [-0.2, 0) is 0 Å². The van der Waals surface area contributed by atoms with E-state index in [-0.39, 0.29) is 5.56 Å². The van der Waals surface area contributed by atoms with E-state index in [0.29, 0.717) is 5.56 Å². The van der Waals surface area contributed by atoms with Crippen LogP contribution in [0.4, 0.5) is 8.78 Å². The Hall–Kier alpha value is -4.87. The smallest absolute Gasteiger partial charge is 0.145 e. The fourth-order valence-electron chi connectivity index (χ4n) is 5.71. The van der Waals surface area contributed by atoms with Gasteiger partial charge in [-0.1, -0.05) is 66.7 Å². The first-order valence-corrected chi connectivity index (χ1v) is 13.8. The fourth-order valence-corrected chi connectivity index (χ4v) is 6.84. The summed E-state index contributed by atoms with van der Waals surface area (Å²) >= 11 is 1.62. The minimum Gasteiger partial charge on any atom is -0.292 e. The average Bonchev–Trinajstić information content (AvgIpc) is 3.54. The molecule has 190 valence electrons. The van der Waals surface area contributed by atoms with Crippen molar-refractivity contribution in [1.82, 2.24) is 9.55 Å². The second-order valence-corrected chi connectivity index (χ2v) is 11.0. The summed E-state index contributed by atoms with van der Waals surface area (Å²) in [5, 5.41) is 4.47. The minimum atomic E-state index is -0.560. The number of aromatic nitrogens is 2. The lowest BCUT2D eigenvalue weighted by atomic mass is 10.0. The lowest BCUT2D eigenvalue weighted by molar-refractivity contribution is 0.589. The van der Waals surface area contributed by atoms with Crippen LogP contribution in [0, 0.1) is 11.6 Å². The topological polar surface area (TPSA) is 17.8 Å². The van der Waals surface area contributed by atoms with Crippen molar-refractivity contribution in [1.29, 1.82) is 0 Å². The Morgan fingerprint density at radius 1 is 0.575 bits per heavy atom. The van der Waals surface area contributed by atoms with E-state index in [1.165, 1.54) is 23.6 Å². The molecule has 6 aromatic carbocycles. The van der Waals surface area contributed by atoms with Crippen molar-refractivity contribution in [3.63, 3.8) is 0 Å². The van der Waals surface area contributed by atoms with E-state index in [9.17, 15) is 8.78 Å². The van der Waals surface area contributed by atoms with Crippen LogP contribution in [0.15, 0.2) is 121 Å². The van der Waals surface area contributed by atoms with Gasteiger partial charge in [-0.05, 0) is 65.5 Å². The molecule has 0 bridgehead atoms. The van der Waals surface area contributed by atoms with Crippen LogP contribution in [-0.4, -0.2) is 9.55 Å². The lowest BCUT2D eigenvalue weighted by Gasteiger charge is -2.13. The van der Waals surface area contributed by atoms with Crippen LogP contribution >= 0.6 is 11.3 Å². The Kier molecular flexibility index (Phi) is 5.09. The summed E-state index contributed by atoms with van der Waals surface area (Å²) in [6, 6.07) is 39.0. The second kappa shape index (κ2) is 8.83. The highest BCUT2D eigenvalue weighted by molar-refractivity contribution is 7.25. The summed E-state index contributed by atoms with van der Waals surface area (Å²) in [6.07, 6.45) is 0. The van der Waals surface area contributed by atoms with E-state index in [1.54, 1.807) is 17.4 Å². The normalized spacial score (nSPS) is 11.8. The molecule has 2 heterocycles. The number of imidazole rings is 1. The van der Waals surface area contributed by atoms with Crippen LogP contribution in [0.3, 0.4) is 0 Å².